The molecule has 0 saturated carbocycles. The SMILES string of the molecule is C#CCCNCc1cnc2cnc(Br)cn12. The van der Waals surface area contributed by atoms with Crippen molar-refractivity contribution in [3.63, 3.8) is 0 Å². The van der Waals surface area contributed by atoms with Gasteiger partial charge >= 0.3 is 0 Å². The van der Waals surface area contributed by atoms with Gasteiger partial charge in [0, 0.05) is 25.7 Å². The van der Waals surface area contributed by atoms with Crippen LogP contribution >= 0.6 is 15.9 Å². The van der Waals surface area contributed by atoms with Crippen molar-refractivity contribution in [2.75, 3.05) is 6.54 Å². The zero-order valence-electron chi connectivity index (χ0n) is 8.65. The highest BCUT2D eigenvalue weighted by molar-refractivity contribution is 9.10. The third kappa shape index (κ3) is 2.40. The number of imidazole rings is 1. The maximum Gasteiger partial charge on any atom is 0.155 e. The van der Waals surface area contributed by atoms with Crippen molar-refractivity contribution < 1.29 is 0 Å². The Morgan fingerprint density at radius 3 is 3.12 bits per heavy atom. The Kier molecular flexibility index (Phi) is 3.54. The number of halogens is 1. The molecule has 0 aliphatic heterocycles. The average molecular weight is 279 g/mol. The Bertz CT molecular complexity index is 526. The van der Waals surface area contributed by atoms with Gasteiger partial charge in [0.05, 0.1) is 18.1 Å². The summed E-state index contributed by atoms with van der Waals surface area (Å²) < 4.78 is 2.79. The van der Waals surface area contributed by atoms with Crippen LogP contribution in [0.5, 0.6) is 0 Å². The fourth-order valence-corrected chi connectivity index (χ4v) is 1.73. The van der Waals surface area contributed by atoms with E-state index in [1.807, 2.05) is 16.8 Å². The van der Waals surface area contributed by atoms with E-state index in [0.29, 0.717) is 0 Å². The first-order valence-corrected chi connectivity index (χ1v) is 5.72. The number of hydrogen-bond donors (Lipinski definition) is 1. The summed E-state index contributed by atoms with van der Waals surface area (Å²) in [6.07, 6.45) is 11.4. The van der Waals surface area contributed by atoms with Crippen LogP contribution in [0.3, 0.4) is 0 Å². The van der Waals surface area contributed by atoms with Gasteiger partial charge in [-0.15, -0.1) is 12.3 Å². The topological polar surface area (TPSA) is 42.2 Å². The van der Waals surface area contributed by atoms with Crippen LogP contribution in [0.4, 0.5) is 0 Å². The summed E-state index contributed by atoms with van der Waals surface area (Å²) >= 11 is 3.34. The number of nitrogens with zero attached hydrogens (tertiary/aromatic N) is 3. The number of aromatic nitrogens is 3. The van der Waals surface area contributed by atoms with Crippen LogP contribution in [0.25, 0.3) is 5.65 Å². The second kappa shape index (κ2) is 5.10. The number of rotatable bonds is 4. The maximum atomic E-state index is 5.18. The molecule has 82 valence electrons. The third-order valence-corrected chi connectivity index (χ3v) is 2.60. The van der Waals surface area contributed by atoms with E-state index < -0.39 is 0 Å². The van der Waals surface area contributed by atoms with Crippen molar-refractivity contribution in [2.45, 2.75) is 13.0 Å². The number of nitrogens with one attached hydrogen (secondary N) is 1. The monoisotopic (exact) mass is 278 g/mol. The lowest BCUT2D eigenvalue weighted by Gasteiger charge is -2.02. The smallest absolute Gasteiger partial charge is 0.155 e. The molecule has 0 amide bonds. The van der Waals surface area contributed by atoms with Crippen LogP contribution in [0.2, 0.25) is 0 Å². The first kappa shape index (κ1) is 11.1. The van der Waals surface area contributed by atoms with Gasteiger partial charge in [-0.2, -0.15) is 0 Å². The number of fused-ring (bicyclic) bond motifs is 1. The number of hydrogen-bond acceptors (Lipinski definition) is 3. The normalized spacial score (nSPS) is 10.5. The molecular formula is C11H11BrN4. The number of terminal acetylenes is 1. The average Bonchev–Trinajstić information content (AvgIpc) is 2.67. The predicted molar refractivity (Wildman–Crippen MR) is 65.8 cm³/mol. The molecule has 16 heavy (non-hydrogen) atoms. The van der Waals surface area contributed by atoms with Gasteiger partial charge in [-0.05, 0) is 15.9 Å². The largest absolute Gasteiger partial charge is 0.310 e. The van der Waals surface area contributed by atoms with Gasteiger partial charge in [-0.3, -0.25) is 4.40 Å². The molecule has 0 atom stereocenters. The lowest BCUT2D eigenvalue weighted by molar-refractivity contribution is 0.683. The van der Waals surface area contributed by atoms with Gasteiger partial charge in [0.15, 0.2) is 5.65 Å². The Hall–Kier alpha value is -1.38. The fourth-order valence-electron chi connectivity index (χ4n) is 1.42. The van der Waals surface area contributed by atoms with Gasteiger partial charge in [-0.1, -0.05) is 0 Å². The van der Waals surface area contributed by atoms with Crippen LogP contribution in [0, 0.1) is 12.3 Å². The lowest BCUT2D eigenvalue weighted by Crippen LogP contribution is -2.15. The summed E-state index contributed by atoms with van der Waals surface area (Å²) in [4.78, 5) is 8.37. The molecule has 4 nitrogen and oxygen atoms in total. The summed E-state index contributed by atoms with van der Waals surface area (Å²) in [5.41, 5.74) is 1.94. The molecule has 0 aliphatic rings. The highest BCUT2D eigenvalue weighted by atomic mass is 79.9. The molecular weight excluding hydrogens is 268 g/mol. The Labute approximate surface area is 102 Å². The van der Waals surface area contributed by atoms with Crippen LogP contribution in [0.1, 0.15) is 12.1 Å². The van der Waals surface area contributed by atoms with E-state index in [4.69, 9.17) is 6.42 Å². The zero-order chi connectivity index (χ0) is 11.4. The molecule has 0 radical (unpaired) electrons. The minimum absolute atomic E-state index is 0.738. The van der Waals surface area contributed by atoms with E-state index in [-0.39, 0.29) is 0 Å². The Balaban J connectivity index is 2.12. The van der Waals surface area contributed by atoms with Crippen LogP contribution in [0.15, 0.2) is 23.2 Å². The van der Waals surface area contributed by atoms with E-state index in [0.717, 1.165) is 35.5 Å². The molecule has 0 spiro atoms. The summed E-state index contributed by atoms with van der Waals surface area (Å²) in [5, 5.41) is 3.26. The minimum atomic E-state index is 0.738. The van der Waals surface area contributed by atoms with Gasteiger partial charge in [0.25, 0.3) is 0 Å². The molecule has 0 fully saturated rings. The van der Waals surface area contributed by atoms with E-state index >= 15 is 0 Å². The molecule has 0 aromatic carbocycles. The molecule has 0 saturated heterocycles. The molecule has 1 N–H and O–H groups in total. The maximum absolute atomic E-state index is 5.18. The molecule has 5 heteroatoms. The lowest BCUT2D eigenvalue weighted by atomic mass is 10.4. The molecule has 2 rings (SSSR count). The molecule has 2 heterocycles. The van der Waals surface area contributed by atoms with Crippen molar-refractivity contribution in [1.82, 2.24) is 19.7 Å². The fraction of sp³-hybridized carbons (Fsp3) is 0.273. The Morgan fingerprint density at radius 1 is 1.44 bits per heavy atom. The third-order valence-electron chi connectivity index (χ3n) is 2.19. The van der Waals surface area contributed by atoms with Crippen molar-refractivity contribution in [3.8, 4) is 12.3 Å². The molecule has 2 aromatic heterocycles. The molecule has 2 aromatic rings. The summed E-state index contributed by atoms with van der Waals surface area (Å²) in [5.74, 6) is 2.59. The minimum Gasteiger partial charge on any atom is -0.310 e. The van der Waals surface area contributed by atoms with Crippen LogP contribution in [-0.2, 0) is 6.54 Å². The van der Waals surface area contributed by atoms with Gasteiger partial charge in [0.2, 0.25) is 0 Å². The first-order valence-electron chi connectivity index (χ1n) is 4.93. The van der Waals surface area contributed by atoms with Gasteiger partial charge < -0.3 is 5.32 Å². The summed E-state index contributed by atoms with van der Waals surface area (Å²) in [7, 11) is 0. The first-order chi connectivity index (χ1) is 7.81. The summed E-state index contributed by atoms with van der Waals surface area (Å²) in [6.45, 7) is 1.56. The van der Waals surface area contributed by atoms with Gasteiger partial charge in [-0.25, -0.2) is 9.97 Å². The highest BCUT2D eigenvalue weighted by Gasteiger charge is 2.03. The summed E-state index contributed by atoms with van der Waals surface area (Å²) in [6, 6.07) is 0. The van der Waals surface area contributed by atoms with Crippen molar-refractivity contribution in [2.24, 2.45) is 0 Å². The van der Waals surface area contributed by atoms with E-state index in [1.54, 1.807) is 6.20 Å². The van der Waals surface area contributed by atoms with Crippen LogP contribution < -0.4 is 5.32 Å². The standard InChI is InChI=1S/C11H11BrN4/c1-2-3-4-13-5-9-6-15-11-7-14-10(12)8-16(9)11/h1,6-8,13H,3-5H2. The predicted octanol–water partition coefficient (Wildman–Crippen LogP) is 1.60. The van der Waals surface area contributed by atoms with Gasteiger partial charge in [0.1, 0.15) is 4.60 Å². The zero-order valence-corrected chi connectivity index (χ0v) is 10.2. The van der Waals surface area contributed by atoms with Crippen molar-refractivity contribution >= 4 is 21.6 Å². The quantitative estimate of drug-likeness (QED) is 0.683. The van der Waals surface area contributed by atoms with E-state index in [1.165, 1.54) is 0 Å². The molecule has 0 bridgehead atoms. The van der Waals surface area contributed by atoms with E-state index in [9.17, 15) is 0 Å². The van der Waals surface area contributed by atoms with E-state index in [2.05, 4.69) is 37.1 Å². The molecule has 0 unspecified atom stereocenters. The second-order valence-corrected chi connectivity index (χ2v) is 4.13. The Morgan fingerprint density at radius 2 is 2.31 bits per heavy atom. The highest BCUT2D eigenvalue weighted by Crippen LogP contribution is 2.10. The second-order valence-electron chi connectivity index (χ2n) is 3.32. The molecule has 0 aliphatic carbocycles. The van der Waals surface area contributed by atoms with Crippen molar-refractivity contribution in [3.05, 3.63) is 28.9 Å². The van der Waals surface area contributed by atoms with Crippen LogP contribution in [-0.4, -0.2) is 20.9 Å². The van der Waals surface area contributed by atoms with Crippen molar-refractivity contribution in [1.29, 1.82) is 0 Å².